The van der Waals surface area contributed by atoms with Crippen molar-refractivity contribution < 1.29 is 23.9 Å². The third kappa shape index (κ3) is 2.85. The Kier molecular flexibility index (Phi) is 5.04. The van der Waals surface area contributed by atoms with Crippen molar-refractivity contribution in [2.45, 2.75) is 86.5 Å². The molecule has 5 aliphatic rings. The molecule has 0 aromatic carbocycles. The zero-order valence-electron chi connectivity index (χ0n) is 22.0. The van der Waals surface area contributed by atoms with E-state index in [4.69, 9.17) is 0 Å². The summed E-state index contributed by atoms with van der Waals surface area (Å²) in [5, 5.41) is 10.2. The van der Waals surface area contributed by atoms with Gasteiger partial charge in [-0.2, -0.15) is 4.39 Å². The summed E-state index contributed by atoms with van der Waals surface area (Å²) in [6.07, 6.45) is 11.4. The molecule has 0 saturated heterocycles. The molecule has 5 rings (SSSR count). The quantitative estimate of drug-likeness (QED) is 0.396. The Morgan fingerprint density at radius 3 is 2.23 bits per heavy atom. The third-order valence-electron chi connectivity index (χ3n) is 12.0. The molecule has 0 amide bonds. The first-order chi connectivity index (χ1) is 16.1. The van der Waals surface area contributed by atoms with Crippen molar-refractivity contribution >= 4 is 17.6 Å². The van der Waals surface area contributed by atoms with Gasteiger partial charge in [-0.1, -0.05) is 45.4 Å². The number of carbonyl (C=O) groups is 3. The number of hydrogen-bond donors (Lipinski definition) is 1. The van der Waals surface area contributed by atoms with Gasteiger partial charge in [-0.25, -0.2) is 0 Å². The van der Waals surface area contributed by atoms with Crippen molar-refractivity contribution in [2.75, 3.05) is 6.61 Å². The molecule has 1 N–H and O–H groups in total. The van der Waals surface area contributed by atoms with Gasteiger partial charge in [0.2, 0.25) is 11.6 Å². The molecule has 0 radical (unpaired) electrons. The average Bonchev–Trinajstić information content (AvgIpc) is 2.81. The summed E-state index contributed by atoms with van der Waals surface area (Å²) in [5.74, 6) is -0.863. The SMILES string of the molecule is C[C@@]1(C(=O)F)CC[C@]2(C)CC[C@]3(C)C4=CC=C5C(=CC(=O)C(=O)[C@@]5(C)CO)[C@]4(C)CC[C@@]3(C)[C@@H]2C1. The smallest absolute Gasteiger partial charge is 0.307 e. The van der Waals surface area contributed by atoms with Crippen LogP contribution in [0.5, 0.6) is 0 Å². The number of Topliss-reactive ketones (excluding diaryl/α,β-unsaturated/α-hetero) is 1. The van der Waals surface area contributed by atoms with Crippen LogP contribution in [0.2, 0.25) is 0 Å². The molecule has 3 fully saturated rings. The minimum atomic E-state index is -1.22. The first-order valence-electron chi connectivity index (χ1n) is 13.2. The summed E-state index contributed by atoms with van der Waals surface area (Å²) >= 11 is 0. The highest BCUT2D eigenvalue weighted by Gasteiger charge is 2.67. The van der Waals surface area contributed by atoms with E-state index in [0.717, 1.165) is 43.3 Å². The van der Waals surface area contributed by atoms with Gasteiger partial charge >= 0.3 is 6.04 Å². The summed E-state index contributed by atoms with van der Waals surface area (Å²) in [6, 6.07) is -1.18. The number of aliphatic hydroxyl groups is 1. The second-order valence-electron chi connectivity index (χ2n) is 13.7. The Hall–Kier alpha value is -1.88. The largest absolute Gasteiger partial charge is 0.395 e. The number of carbonyl (C=O) groups excluding carboxylic acids is 3. The van der Waals surface area contributed by atoms with E-state index in [2.05, 4.69) is 33.8 Å². The molecular weight excluding hydrogens is 443 g/mol. The lowest BCUT2D eigenvalue weighted by atomic mass is 9.34. The number of hydrogen-bond acceptors (Lipinski definition) is 4. The number of fused-ring (bicyclic) bond motifs is 7. The van der Waals surface area contributed by atoms with Crippen molar-refractivity contribution in [3.8, 4) is 0 Å². The fourth-order valence-corrected chi connectivity index (χ4v) is 9.03. The van der Waals surface area contributed by atoms with E-state index in [9.17, 15) is 23.9 Å². The zero-order chi connectivity index (χ0) is 25.8. The van der Waals surface area contributed by atoms with Gasteiger partial charge in [0.1, 0.15) is 0 Å². The molecule has 0 aromatic heterocycles. The lowest BCUT2D eigenvalue weighted by molar-refractivity contribution is -0.173. The number of ketones is 2. The predicted molar refractivity (Wildman–Crippen MR) is 132 cm³/mol. The van der Waals surface area contributed by atoms with Crippen molar-refractivity contribution in [1.82, 2.24) is 0 Å². The minimum Gasteiger partial charge on any atom is -0.395 e. The van der Waals surface area contributed by atoms with Gasteiger partial charge in [-0.15, -0.1) is 0 Å². The van der Waals surface area contributed by atoms with E-state index < -0.39 is 40.5 Å². The van der Waals surface area contributed by atoms with Crippen LogP contribution >= 0.6 is 0 Å². The number of rotatable bonds is 2. The van der Waals surface area contributed by atoms with Crippen LogP contribution in [0.15, 0.2) is 34.9 Å². The van der Waals surface area contributed by atoms with E-state index in [0.29, 0.717) is 12.8 Å². The van der Waals surface area contributed by atoms with Gasteiger partial charge in [0.05, 0.1) is 17.4 Å². The Morgan fingerprint density at radius 1 is 0.943 bits per heavy atom. The van der Waals surface area contributed by atoms with E-state index in [1.165, 1.54) is 11.6 Å². The number of aliphatic hydroxyl groups excluding tert-OH is 1. The topological polar surface area (TPSA) is 71.4 Å². The fourth-order valence-electron chi connectivity index (χ4n) is 9.03. The molecule has 0 aromatic rings. The van der Waals surface area contributed by atoms with Crippen LogP contribution in [0.3, 0.4) is 0 Å². The summed E-state index contributed by atoms with van der Waals surface area (Å²) in [6.45, 7) is 12.3. The van der Waals surface area contributed by atoms with Crippen LogP contribution in [0.4, 0.5) is 4.39 Å². The molecule has 5 heteroatoms. The molecule has 35 heavy (non-hydrogen) atoms. The monoisotopic (exact) mass is 482 g/mol. The summed E-state index contributed by atoms with van der Waals surface area (Å²) in [4.78, 5) is 37.6. The predicted octanol–water partition coefficient (Wildman–Crippen LogP) is 5.84. The highest BCUT2D eigenvalue weighted by atomic mass is 19.1. The summed E-state index contributed by atoms with van der Waals surface area (Å²) in [7, 11) is 0. The standard InChI is InChI=1S/C30H39FO4/c1-25-9-10-26(2,24(31)35)16-22(25)30(6)14-12-27(3)19-15-20(33)23(34)28(4,17-32)18(19)7-8-21(27)29(30,5)13-11-25/h7-8,15,22,32H,9-14,16-17H2,1-6H3/t22-,25-,26-,27+,28+,29-,30+/m1/s1. The highest BCUT2D eigenvalue weighted by molar-refractivity contribution is 6.45. The van der Waals surface area contributed by atoms with Crippen LogP contribution < -0.4 is 0 Å². The maximum Gasteiger partial charge on any atom is 0.307 e. The molecule has 4 nitrogen and oxygen atoms in total. The van der Waals surface area contributed by atoms with Crippen LogP contribution in [-0.4, -0.2) is 29.3 Å². The van der Waals surface area contributed by atoms with Gasteiger partial charge in [0, 0.05) is 5.41 Å². The van der Waals surface area contributed by atoms with E-state index in [-0.39, 0.29) is 22.2 Å². The number of allylic oxidation sites excluding steroid dienone is 5. The second kappa shape index (κ2) is 7.12. The van der Waals surface area contributed by atoms with Crippen LogP contribution in [0, 0.1) is 38.4 Å². The molecule has 190 valence electrons. The zero-order valence-corrected chi connectivity index (χ0v) is 22.0. The fraction of sp³-hybridized carbons (Fsp3) is 0.700. The second-order valence-corrected chi connectivity index (χ2v) is 13.7. The third-order valence-corrected chi connectivity index (χ3v) is 12.0. The Labute approximate surface area is 208 Å². The number of halogens is 1. The summed E-state index contributed by atoms with van der Waals surface area (Å²) in [5.41, 5.74) is 0.137. The average molecular weight is 483 g/mol. The van der Waals surface area contributed by atoms with Crippen molar-refractivity contribution in [2.24, 2.45) is 38.4 Å². The van der Waals surface area contributed by atoms with Gasteiger partial charge in [-0.05, 0) is 98.2 Å². The molecule has 0 unspecified atom stereocenters. The van der Waals surface area contributed by atoms with Crippen molar-refractivity contribution in [1.29, 1.82) is 0 Å². The van der Waals surface area contributed by atoms with Gasteiger partial charge in [0.25, 0.3) is 0 Å². The van der Waals surface area contributed by atoms with Gasteiger partial charge in [-0.3, -0.25) is 14.4 Å². The maximum atomic E-state index is 14.2. The normalized spacial score (nSPS) is 49.0. The van der Waals surface area contributed by atoms with Crippen LogP contribution in [-0.2, 0) is 14.4 Å². The molecule has 0 bridgehead atoms. The minimum absolute atomic E-state index is 0.0785. The molecule has 0 spiro atoms. The lowest BCUT2D eigenvalue weighted by Crippen LogP contribution is -2.62. The Morgan fingerprint density at radius 2 is 1.60 bits per heavy atom. The van der Waals surface area contributed by atoms with Gasteiger partial charge < -0.3 is 5.11 Å². The van der Waals surface area contributed by atoms with E-state index in [1.54, 1.807) is 13.8 Å². The lowest BCUT2D eigenvalue weighted by Gasteiger charge is -2.70. The van der Waals surface area contributed by atoms with Gasteiger partial charge in [0.15, 0.2) is 0 Å². The highest BCUT2D eigenvalue weighted by Crippen LogP contribution is 2.75. The van der Waals surface area contributed by atoms with Crippen LogP contribution in [0.1, 0.15) is 86.5 Å². The van der Waals surface area contributed by atoms with E-state index >= 15 is 0 Å². The van der Waals surface area contributed by atoms with Crippen LogP contribution in [0.25, 0.3) is 0 Å². The van der Waals surface area contributed by atoms with Crippen molar-refractivity contribution in [3.63, 3.8) is 0 Å². The summed E-state index contributed by atoms with van der Waals surface area (Å²) < 4.78 is 14.2. The Balaban J connectivity index is 1.66. The molecular formula is C30H39FO4. The molecule has 0 heterocycles. The maximum absolute atomic E-state index is 14.2. The molecule has 0 aliphatic heterocycles. The molecule has 3 saturated carbocycles. The first-order valence-corrected chi connectivity index (χ1v) is 13.2. The van der Waals surface area contributed by atoms with Crippen molar-refractivity contribution in [3.05, 3.63) is 34.9 Å². The molecule has 5 aliphatic carbocycles. The van der Waals surface area contributed by atoms with E-state index in [1.807, 2.05) is 6.08 Å². The first kappa shape index (κ1) is 24.8. The Bertz CT molecular complexity index is 1150. The molecule has 7 atom stereocenters.